The Bertz CT molecular complexity index is 1480. The highest BCUT2D eigenvalue weighted by Crippen LogP contribution is 2.65. The van der Waals surface area contributed by atoms with Crippen LogP contribution in [0.5, 0.6) is 0 Å². The summed E-state index contributed by atoms with van der Waals surface area (Å²) in [6, 6.07) is -3.77. The fourth-order valence-corrected chi connectivity index (χ4v) is 9.60. The first-order valence-electron chi connectivity index (χ1n) is 18.5. The molecule has 0 bridgehead atoms. The lowest BCUT2D eigenvalue weighted by atomic mass is 9.83. The number of carbonyl (C=O) groups is 5. The number of Topliss-reactive ketones (excluding diaryl/α,β-unsaturated/α-hetero) is 1. The van der Waals surface area contributed by atoms with E-state index in [-0.39, 0.29) is 30.3 Å². The van der Waals surface area contributed by atoms with Crippen LogP contribution < -0.4 is 21.3 Å². The summed E-state index contributed by atoms with van der Waals surface area (Å²) in [5.41, 5.74) is -2.17. The Hall–Kier alpha value is -3.03. The van der Waals surface area contributed by atoms with E-state index in [2.05, 4.69) is 27.8 Å². The first-order valence-corrected chi connectivity index (χ1v) is 20.2. The highest BCUT2D eigenvalue weighted by atomic mass is 32.2. The van der Waals surface area contributed by atoms with E-state index in [1.807, 2.05) is 13.8 Å². The van der Waals surface area contributed by atoms with Gasteiger partial charge < -0.3 is 26.2 Å². The second-order valence-electron chi connectivity index (χ2n) is 17.7. The van der Waals surface area contributed by atoms with Gasteiger partial charge in [-0.05, 0) is 68.1 Å². The van der Waals surface area contributed by atoms with Crippen LogP contribution in [0.4, 0.5) is 9.18 Å². The van der Waals surface area contributed by atoms with Crippen LogP contribution in [0.25, 0.3) is 0 Å². The molecule has 0 unspecified atom stereocenters. The van der Waals surface area contributed by atoms with Gasteiger partial charge in [0.25, 0.3) is 5.91 Å². The smallest absolute Gasteiger partial charge is 0.315 e. The van der Waals surface area contributed by atoms with Crippen molar-refractivity contribution in [3.05, 3.63) is 12.7 Å². The van der Waals surface area contributed by atoms with E-state index in [1.54, 1.807) is 20.8 Å². The predicted octanol–water partition coefficient (Wildman–Crippen LogP) is 3.60. The Labute approximate surface area is 303 Å². The molecule has 12 nitrogen and oxygen atoms in total. The lowest BCUT2D eigenvalue weighted by Gasteiger charge is -2.41. The van der Waals surface area contributed by atoms with Crippen molar-refractivity contribution >= 4 is 39.4 Å². The maximum Gasteiger partial charge on any atom is 0.315 e. The number of urea groups is 1. The van der Waals surface area contributed by atoms with E-state index in [1.165, 1.54) is 24.8 Å². The van der Waals surface area contributed by atoms with Crippen LogP contribution in [0, 0.1) is 28.6 Å². The highest BCUT2D eigenvalue weighted by molar-refractivity contribution is 7.92. The number of nitrogens with one attached hydrogen (secondary N) is 4. The molecule has 3 saturated carbocycles. The lowest BCUT2D eigenvalue weighted by molar-refractivity contribution is -0.145. The number of hydrogen-bond donors (Lipinski definition) is 4. The number of alkyl halides is 1. The van der Waals surface area contributed by atoms with E-state index in [9.17, 15) is 36.8 Å². The molecule has 0 radical (unpaired) electrons. The number of hydrogen-bond acceptors (Lipinski definition) is 7. The molecule has 1 aliphatic heterocycles. The summed E-state index contributed by atoms with van der Waals surface area (Å²) in [4.78, 5) is 69.8. The van der Waals surface area contributed by atoms with Gasteiger partial charge in [0, 0.05) is 13.1 Å². The summed E-state index contributed by atoms with van der Waals surface area (Å²) in [6.07, 6.45) is 7.60. The van der Waals surface area contributed by atoms with E-state index in [0.717, 1.165) is 19.3 Å². The van der Waals surface area contributed by atoms with E-state index >= 15 is 0 Å². The number of sulfone groups is 1. The topological polar surface area (TPSA) is 171 Å². The molecule has 0 aromatic heterocycles. The van der Waals surface area contributed by atoms with Gasteiger partial charge in [0.05, 0.1) is 22.1 Å². The Balaban J connectivity index is 1.55. The van der Waals surface area contributed by atoms with Crippen molar-refractivity contribution < 1.29 is 36.8 Å². The Morgan fingerprint density at radius 3 is 2.18 bits per heavy atom. The largest absolute Gasteiger partial charge is 0.346 e. The number of rotatable bonds is 16. The first-order chi connectivity index (χ1) is 23.6. The number of halogens is 1. The van der Waals surface area contributed by atoms with Gasteiger partial charge in [-0.2, -0.15) is 0 Å². The van der Waals surface area contributed by atoms with Gasteiger partial charge in [-0.15, -0.1) is 6.58 Å². The van der Waals surface area contributed by atoms with E-state index < -0.39 is 85.6 Å². The lowest BCUT2D eigenvalue weighted by Crippen LogP contribution is -2.64. The molecule has 1 saturated heterocycles. The van der Waals surface area contributed by atoms with Crippen LogP contribution in [0.15, 0.2) is 12.7 Å². The van der Waals surface area contributed by atoms with Gasteiger partial charge >= 0.3 is 6.03 Å². The number of piperidine rings is 1. The molecule has 1 heterocycles. The van der Waals surface area contributed by atoms with Crippen LogP contribution in [0.2, 0.25) is 0 Å². The quantitative estimate of drug-likeness (QED) is 0.139. The van der Waals surface area contributed by atoms with Crippen molar-refractivity contribution in [1.82, 2.24) is 26.2 Å². The van der Waals surface area contributed by atoms with Gasteiger partial charge in [0.1, 0.15) is 18.8 Å². The number of fused-ring (bicyclic) bond motifs is 1. The van der Waals surface area contributed by atoms with Crippen molar-refractivity contribution in [2.24, 2.45) is 28.6 Å². The summed E-state index contributed by atoms with van der Waals surface area (Å²) < 4.78 is 38.8. The summed E-state index contributed by atoms with van der Waals surface area (Å²) in [5, 5.41) is 11.1. The monoisotopic (exact) mass is 737 g/mol. The van der Waals surface area contributed by atoms with E-state index in [4.69, 9.17) is 0 Å². The second-order valence-corrected chi connectivity index (χ2v) is 20.3. The third-order valence-corrected chi connectivity index (χ3v) is 14.5. The summed E-state index contributed by atoms with van der Waals surface area (Å²) in [7, 11) is -3.95. The maximum absolute atomic E-state index is 14.5. The molecule has 51 heavy (non-hydrogen) atoms. The molecule has 4 rings (SSSR count). The third-order valence-electron chi connectivity index (χ3n) is 11.8. The van der Waals surface area contributed by atoms with Crippen LogP contribution in [-0.4, -0.2) is 96.8 Å². The van der Waals surface area contributed by atoms with Crippen molar-refractivity contribution in [3.63, 3.8) is 0 Å². The zero-order chi connectivity index (χ0) is 38.2. The maximum atomic E-state index is 14.5. The van der Waals surface area contributed by atoms with Crippen LogP contribution in [0.1, 0.15) is 106 Å². The molecule has 4 aliphatic rings. The van der Waals surface area contributed by atoms with Gasteiger partial charge in [-0.1, -0.05) is 72.8 Å². The average molecular weight is 738 g/mol. The Kier molecular flexibility index (Phi) is 12.1. The highest BCUT2D eigenvalue weighted by Gasteiger charge is 2.70. The number of nitrogens with zero attached hydrogens (tertiary/aromatic N) is 1. The zero-order valence-corrected chi connectivity index (χ0v) is 32.3. The molecule has 5 atom stereocenters. The van der Waals surface area contributed by atoms with Crippen LogP contribution in [0.3, 0.4) is 0 Å². The third kappa shape index (κ3) is 9.14. The van der Waals surface area contributed by atoms with Gasteiger partial charge in [0.15, 0.2) is 9.84 Å². The number of amides is 5. The van der Waals surface area contributed by atoms with Crippen LogP contribution in [-0.2, 0) is 29.0 Å². The molecule has 288 valence electrons. The molecule has 0 aromatic rings. The first kappa shape index (κ1) is 40.7. The normalized spacial score (nSPS) is 25.1. The Morgan fingerprint density at radius 2 is 1.63 bits per heavy atom. The number of ketones is 1. The van der Waals surface area contributed by atoms with Crippen molar-refractivity contribution in [2.75, 3.05) is 25.5 Å². The predicted molar refractivity (Wildman–Crippen MR) is 193 cm³/mol. The van der Waals surface area contributed by atoms with Gasteiger partial charge in [-0.3, -0.25) is 19.2 Å². The summed E-state index contributed by atoms with van der Waals surface area (Å²) >= 11 is 0. The zero-order valence-electron chi connectivity index (χ0n) is 31.5. The molecule has 14 heteroatoms. The Morgan fingerprint density at radius 1 is 1.00 bits per heavy atom. The standard InChI is InChI=1S/C37H60FN5O7S/c1-9-19-39-31(46)28(44)25(16-15-23-13-14-23)40-30(45)27-26-24(36(26,7)8)20-43(27)32(47)29(34(2,3)4)41-33(48)42-37(17-11-10-12-18-37)22-51(49,50)35(5,6)21-38/h9,23-27,29H,1,10-22H2,2-8H3,(H,39,46)(H,40,45)(H2,41,42,48)/t24-,25-,26-,27-,29+/m0/s1. The average Bonchev–Trinajstić information content (AvgIpc) is 3.91. The molecule has 5 amide bonds. The molecule has 4 fully saturated rings. The molecule has 0 aromatic carbocycles. The van der Waals surface area contributed by atoms with Crippen molar-refractivity contribution in [3.8, 4) is 0 Å². The van der Waals surface area contributed by atoms with Gasteiger partial charge in [0.2, 0.25) is 17.6 Å². The van der Waals surface area contributed by atoms with Crippen LogP contribution >= 0.6 is 0 Å². The minimum absolute atomic E-state index is 0.0257. The van der Waals surface area contributed by atoms with Crippen molar-refractivity contribution in [2.45, 2.75) is 135 Å². The minimum Gasteiger partial charge on any atom is -0.346 e. The molecule has 4 N–H and O–H groups in total. The summed E-state index contributed by atoms with van der Waals surface area (Å²) in [5.74, 6) is -2.64. The summed E-state index contributed by atoms with van der Waals surface area (Å²) in [6.45, 7) is 15.0. The minimum atomic E-state index is -3.95. The molecular weight excluding hydrogens is 678 g/mol. The molecule has 0 spiro atoms. The molecular formula is C37H60FN5O7S. The van der Waals surface area contributed by atoms with Gasteiger partial charge in [-0.25, -0.2) is 17.6 Å². The number of likely N-dealkylation sites (tertiary alicyclic amines) is 1. The SMILES string of the molecule is C=CCNC(=O)C(=O)[C@H](CCC1CC1)NC(=O)[C@@H]1[C@@H]2[C@H](CN1C(=O)[C@@H](NC(=O)NC1(CS(=O)(=O)C(C)(C)CF)CCCCC1)C(C)(C)C)C2(C)C. The van der Waals surface area contributed by atoms with E-state index in [0.29, 0.717) is 44.4 Å². The second kappa shape index (κ2) is 15.1. The van der Waals surface area contributed by atoms with Crippen molar-refractivity contribution in [1.29, 1.82) is 0 Å². The molecule has 3 aliphatic carbocycles. The fraction of sp³-hybridized carbons (Fsp3) is 0.811. The fourth-order valence-electron chi connectivity index (χ4n) is 7.96. The number of carbonyl (C=O) groups excluding carboxylic acids is 5.